The first kappa shape index (κ1) is 10.1. The summed E-state index contributed by atoms with van der Waals surface area (Å²) in [7, 11) is 2.08. The van der Waals surface area contributed by atoms with Crippen molar-refractivity contribution in [1.82, 2.24) is 4.90 Å². The van der Waals surface area contributed by atoms with Crippen molar-refractivity contribution in [2.75, 3.05) is 20.1 Å². The molecule has 0 amide bonds. The second-order valence-corrected chi connectivity index (χ2v) is 3.30. The number of nitrogens with zero attached hydrogens (tertiary/aromatic N) is 1. The van der Waals surface area contributed by atoms with E-state index in [4.69, 9.17) is 5.73 Å². The molecule has 72 valence electrons. The van der Waals surface area contributed by atoms with Crippen LogP contribution in [0.15, 0.2) is 36.1 Å². The molecule has 0 atom stereocenters. The smallest absolute Gasteiger partial charge is 0.0354 e. The lowest BCUT2D eigenvalue weighted by molar-refractivity contribution is 0.502. The summed E-state index contributed by atoms with van der Waals surface area (Å²) in [5.41, 5.74) is 6.67. The Morgan fingerprint density at radius 3 is 3.15 bits per heavy atom. The number of hydrogen-bond acceptors (Lipinski definition) is 2. The number of nitrogens with two attached hydrogens (primary N) is 1. The Balaban J connectivity index is 2.35. The van der Waals surface area contributed by atoms with Crippen LogP contribution in [0.4, 0.5) is 0 Å². The maximum Gasteiger partial charge on any atom is 0.0354 e. The summed E-state index contributed by atoms with van der Waals surface area (Å²) in [5.74, 6) is 0. The van der Waals surface area contributed by atoms with Crippen LogP contribution in [0.5, 0.6) is 0 Å². The van der Waals surface area contributed by atoms with E-state index in [0.29, 0.717) is 0 Å². The van der Waals surface area contributed by atoms with Crippen molar-refractivity contribution < 1.29 is 0 Å². The van der Waals surface area contributed by atoms with Crippen LogP contribution in [-0.2, 0) is 0 Å². The Hall–Kier alpha value is -1.02. The van der Waals surface area contributed by atoms with Crippen molar-refractivity contribution in [3.8, 4) is 0 Å². The van der Waals surface area contributed by atoms with Gasteiger partial charge in [-0.15, -0.1) is 0 Å². The van der Waals surface area contributed by atoms with Gasteiger partial charge in [0.05, 0.1) is 0 Å². The number of allylic oxidation sites excluding steroid dienone is 4. The monoisotopic (exact) mass is 178 g/mol. The molecule has 0 aromatic rings. The Morgan fingerprint density at radius 2 is 2.46 bits per heavy atom. The number of likely N-dealkylation sites (N-methyl/N-ethyl adjacent to an activating group) is 1. The topological polar surface area (TPSA) is 29.3 Å². The third-order valence-electron chi connectivity index (χ3n) is 1.96. The van der Waals surface area contributed by atoms with Gasteiger partial charge in [0.25, 0.3) is 0 Å². The molecule has 0 bridgehead atoms. The highest BCUT2D eigenvalue weighted by atomic mass is 15.1. The molecule has 1 aliphatic heterocycles. The second kappa shape index (κ2) is 5.60. The molecule has 0 unspecified atom stereocenters. The first-order chi connectivity index (χ1) is 6.33. The first-order valence-electron chi connectivity index (χ1n) is 4.78. The van der Waals surface area contributed by atoms with E-state index < -0.39 is 0 Å². The molecule has 0 fully saturated rings. The lowest BCUT2D eigenvalue weighted by Gasteiger charge is -2.15. The zero-order valence-corrected chi connectivity index (χ0v) is 8.24. The highest BCUT2D eigenvalue weighted by molar-refractivity contribution is 5.32. The van der Waals surface area contributed by atoms with Gasteiger partial charge in [0.2, 0.25) is 0 Å². The molecule has 1 rings (SSSR count). The second-order valence-electron chi connectivity index (χ2n) is 3.30. The van der Waals surface area contributed by atoms with Gasteiger partial charge in [-0.3, -0.25) is 0 Å². The molecule has 2 heteroatoms. The molecule has 0 saturated heterocycles. The average Bonchev–Trinajstić information content (AvgIpc) is 2.13. The maximum absolute atomic E-state index is 5.40. The number of hydrogen-bond donors (Lipinski definition) is 1. The standard InChI is InChI=1S/C11H18N2/c1-13-9-5-7-11(10-13)6-3-2-4-8-12/h3,5-7,10H,2,4,8-9,12H2,1H3. The molecule has 1 aliphatic rings. The van der Waals surface area contributed by atoms with Crippen molar-refractivity contribution in [2.45, 2.75) is 12.8 Å². The third kappa shape index (κ3) is 3.95. The van der Waals surface area contributed by atoms with Crippen LogP contribution in [0.2, 0.25) is 0 Å². The summed E-state index contributed by atoms with van der Waals surface area (Å²) in [4.78, 5) is 2.17. The van der Waals surface area contributed by atoms with Gasteiger partial charge in [-0.1, -0.05) is 24.3 Å². The summed E-state index contributed by atoms with van der Waals surface area (Å²) in [6, 6.07) is 0. The average molecular weight is 178 g/mol. The Bertz CT molecular complexity index is 226. The molecule has 2 nitrogen and oxygen atoms in total. The molecule has 0 aromatic heterocycles. The fourth-order valence-corrected chi connectivity index (χ4v) is 1.26. The highest BCUT2D eigenvalue weighted by Crippen LogP contribution is 2.07. The molecular weight excluding hydrogens is 160 g/mol. The lowest BCUT2D eigenvalue weighted by Crippen LogP contribution is -2.13. The van der Waals surface area contributed by atoms with E-state index in [1.165, 1.54) is 5.57 Å². The number of unbranched alkanes of at least 4 members (excludes halogenated alkanes) is 1. The van der Waals surface area contributed by atoms with E-state index in [2.05, 4.69) is 42.5 Å². The molecule has 1 heterocycles. The summed E-state index contributed by atoms with van der Waals surface area (Å²) < 4.78 is 0. The molecule has 13 heavy (non-hydrogen) atoms. The first-order valence-corrected chi connectivity index (χ1v) is 4.78. The molecule has 2 N–H and O–H groups in total. The molecule has 0 aromatic carbocycles. The van der Waals surface area contributed by atoms with Crippen LogP contribution in [-0.4, -0.2) is 25.0 Å². The normalized spacial score (nSPS) is 16.8. The van der Waals surface area contributed by atoms with Gasteiger partial charge in [-0.2, -0.15) is 0 Å². The summed E-state index contributed by atoms with van der Waals surface area (Å²) >= 11 is 0. The van der Waals surface area contributed by atoms with E-state index in [1.54, 1.807) is 0 Å². The third-order valence-corrected chi connectivity index (χ3v) is 1.96. The predicted molar refractivity (Wildman–Crippen MR) is 57.3 cm³/mol. The van der Waals surface area contributed by atoms with Crippen LogP contribution < -0.4 is 5.73 Å². The number of rotatable bonds is 4. The fourth-order valence-electron chi connectivity index (χ4n) is 1.26. The van der Waals surface area contributed by atoms with E-state index in [1.807, 2.05) is 0 Å². The van der Waals surface area contributed by atoms with E-state index in [0.717, 1.165) is 25.9 Å². The minimum absolute atomic E-state index is 0.777. The summed E-state index contributed by atoms with van der Waals surface area (Å²) in [6.07, 6.45) is 13.0. The van der Waals surface area contributed by atoms with Crippen LogP contribution in [0.25, 0.3) is 0 Å². The Morgan fingerprint density at radius 1 is 1.62 bits per heavy atom. The lowest BCUT2D eigenvalue weighted by atomic mass is 10.1. The van der Waals surface area contributed by atoms with Crippen LogP contribution in [0, 0.1) is 0 Å². The van der Waals surface area contributed by atoms with Crippen molar-refractivity contribution in [2.24, 2.45) is 5.73 Å². The van der Waals surface area contributed by atoms with Gasteiger partial charge in [0.15, 0.2) is 0 Å². The van der Waals surface area contributed by atoms with Gasteiger partial charge in [-0.05, 0) is 25.0 Å². The Labute approximate surface area is 80.4 Å². The molecule has 0 saturated carbocycles. The zero-order chi connectivity index (χ0) is 9.52. The zero-order valence-electron chi connectivity index (χ0n) is 8.24. The van der Waals surface area contributed by atoms with Gasteiger partial charge < -0.3 is 10.6 Å². The van der Waals surface area contributed by atoms with Crippen molar-refractivity contribution in [1.29, 1.82) is 0 Å². The predicted octanol–water partition coefficient (Wildman–Crippen LogP) is 1.67. The van der Waals surface area contributed by atoms with Gasteiger partial charge in [-0.25, -0.2) is 0 Å². The van der Waals surface area contributed by atoms with Crippen LogP contribution in [0.1, 0.15) is 12.8 Å². The Kier molecular flexibility index (Phi) is 4.33. The van der Waals surface area contributed by atoms with Gasteiger partial charge in [0.1, 0.15) is 0 Å². The molecule has 0 radical (unpaired) electrons. The van der Waals surface area contributed by atoms with Gasteiger partial charge >= 0.3 is 0 Å². The van der Waals surface area contributed by atoms with Crippen LogP contribution >= 0.6 is 0 Å². The fraction of sp³-hybridized carbons (Fsp3) is 0.455. The minimum atomic E-state index is 0.777. The summed E-state index contributed by atoms with van der Waals surface area (Å²) in [5, 5.41) is 0. The van der Waals surface area contributed by atoms with Crippen molar-refractivity contribution in [3.63, 3.8) is 0 Å². The minimum Gasteiger partial charge on any atom is -0.376 e. The van der Waals surface area contributed by atoms with E-state index in [9.17, 15) is 0 Å². The summed E-state index contributed by atoms with van der Waals surface area (Å²) in [6.45, 7) is 1.79. The van der Waals surface area contributed by atoms with E-state index >= 15 is 0 Å². The van der Waals surface area contributed by atoms with E-state index in [-0.39, 0.29) is 0 Å². The highest BCUT2D eigenvalue weighted by Gasteiger charge is 1.96. The maximum atomic E-state index is 5.40. The van der Waals surface area contributed by atoms with Crippen molar-refractivity contribution >= 4 is 0 Å². The van der Waals surface area contributed by atoms with Crippen LogP contribution in [0.3, 0.4) is 0 Å². The quantitative estimate of drug-likeness (QED) is 0.663. The SMILES string of the molecule is CN1C=C(C=CCCCN)C=CC1. The molecule has 0 aliphatic carbocycles. The molecular formula is C11H18N2. The molecule has 0 spiro atoms. The van der Waals surface area contributed by atoms with Crippen molar-refractivity contribution in [3.05, 3.63) is 36.1 Å². The largest absolute Gasteiger partial charge is 0.376 e. The van der Waals surface area contributed by atoms with Gasteiger partial charge in [0, 0.05) is 19.8 Å².